The maximum Gasteiger partial charge on any atom is 0.293 e. The number of ether oxygens (including phenoxy) is 1. The number of thioether (sulfide) groups is 1. The van der Waals surface area contributed by atoms with Gasteiger partial charge in [-0.1, -0.05) is 54.6 Å². The number of hydrogen-bond donors (Lipinski definition) is 0. The molecule has 0 aromatic heterocycles. The summed E-state index contributed by atoms with van der Waals surface area (Å²) in [7, 11) is 0. The van der Waals surface area contributed by atoms with Gasteiger partial charge in [-0.3, -0.25) is 24.6 Å². The van der Waals surface area contributed by atoms with Crippen molar-refractivity contribution in [3.63, 3.8) is 0 Å². The number of carbonyl (C=O) groups is 2. The lowest BCUT2D eigenvalue weighted by molar-refractivity contribution is -0.384. The van der Waals surface area contributed by atoms with Gasteiger partial charge in [-0.15, -0.1) is 0 Å². The molecule has 4 aromatic rings. The Balaban J connectivity index is 1.33. The van der Waals surface area contributed by atoms with Gasteiger partial charge in [-0.05, 0) is 89.3 Å². The summed E-state index contributed by atoms with van der Waals surface area (Å²) in [6.45, 7) is 0.326. The van der Waals surface area contributed by atoms with Gasteiger partial charge in [0.05, 0.1) is 25.3 Å². The number of benzene rings is 4. The summed E-state index contributed by atoms with van der Waals surface area (Å²) in [4.78, 5) is 38.1. The molecular weight excluding hydrogens is 636 g/mol. The summed E-state index contributed by atoms with van der Waals surface area (Å²) in [6.07, 6.45) is 1.67. The standard InChI is InChI=1S/C28H18Br2N2O5S/c29-23-12-18(13-24(30)26(23)37-16-17-5-3-9-21(11-17)32(35)36)14-25-27(33)31(28(34)38-25)15-20-8-4-7-19-6-1-2-10-22(19)20/h1-14H,15-16H2/b25-14+. The first-order valence-electron chi connectivity index (χ1n) is 11.4. The molecular formula is C28H18Br2N2O5S. The van der Waals surface area contributed by atoms with E-state index < -0.39 is 4.92 Å². The van der Waals surface area contributed by atoms with Crippen molar-refractivity contribution in [1.29, 1.82) is 0 Å². The van der Waals surface area contributed by atoms with E-state index in [1.54, 1.807) is 30.3 Å². The molecule has 0 aliphatic carbocycles. The van der Waals surface area contributed by atoms with Gasteiger partial charge in [-0.25, -0.2) is 0 Å². The van der Waals surface area contributed by atoms with Gasteiger partial charge in [0.2, 0.25) is 0 Å². The fourth-order valence-electron chi connectivity index (χ4n) is 4.10. The Hall–Kier alpha value is -3.47. The largest absolute Gasteiger partial charge is 0.487 e. The van der Waals surface area contributed by atoms with E-state index in [0.29, 0.717) is 30.7 Å². The summed E-state index contributed by atoms with van der Waals surface area (Å²) >= 11 is 7.92. The van der Waals surface area contributed by atoms with E-state index in [1.165, 1.54) is 17.0 Å². The number of nitrogens with zero attached hydrogens (tertiary/aromatic N) is 2. The monoisotopic (exact) mass is 652 g/mol. The molecule has 1 saturated heterocycles. The van der Waals surface area contributed by atoms with Gasteiger partial charge >= 0.3 is 0 Å². The molecule has 0 unspecified atom stereocenters. The Bertz CT molecular complexity index is 1610. The van der Waals surface area contributed by atoms with Crippen molar-refractivity contribution in [2.75, 3.05) is 0 Å². The number of carbonyl (C=O) groups excluding carboxylic acids is 2. The number of hydrogen-bond acceptors (Lipinski definition) is 6. The molecule has 0 N–H and O–H groups in total. The van der Waals surface area contributed by atoms with E-state index in [2.05, 4.69) is 31.9 Å². The van der Waals surface area contributed by atoms with Crippen LogP contribution in [-0.4, -0.2) is 21.0 Å². The van der Waals surface area contributed by atoms with Crippen LogP contribution >= 0.6 is 43.6 Å². The van der Waals surface area contributed by atoms with Gasteiger partial charge in [0.25, 0.3) is 16.8 Å². The zero-order valence-electron chi connectivity index (χ0n) is 19.6. The second-order valence-corrected chi connectivity index (χ2v) is 11.1. The molecule has 1 aliphatic heterocycles. The van der Waals surface area contributed by atoms with Crippen molar-refractivity contribution in [2.45, 2.75) is 13.2 Å². The molecule has 5 rings (SSSR count). The van der Waals surface area contributed by atoms with Crippen LogP contribution in [0.4, 0.5) is 10.5 Å². The van der Waals surface area contributed by atoms with Crippen molar-refractivity contribution in [2.24, 2.45) is 0 Å². The van der Waals surface area contributed by atoms with Crippen LogP contribution in [-0.2, 0) is 17.9 Å². The maximum atomic E-state index is 13.2. The molecule has 0 spiro atoms. The van der Waals surface area contributed by atoms with Crippen molar-refractivity contribution in [3.05, 3.63) is 120 Å². The fourth-order valence-corrected chi connectivity index (χ4v) is 6.39. The maximum absolute atomic E-state index is 13.2. The second kappa shape index (κ2) is 11.1. The molecule has 2 amide bonds. The average Bonchev–Trinajstić information content (AvgIpc) is 3.15. The lowest BCUT2D eigenvalue weighted by Crippen LogP contribution is -2.27. The molecule has 0 radical (unpaired) electrons. The van der Waals surface area contributed by atoms with Crippen molar-refractivity contribution >= 4 is 77.3 Å². The molecule has 1 fully saturated rings. The van der Waals surface area contributed by atoms with E-state index in [-0.39, 0.29) is 30.0 Å². The van der Waals surface area contributed by atoms with Crippen LogP contribution in [0, 0.1) is 10.1 Å². The molecule has 190 valence electrons. The van der Waals surface area contributed by atoms with Gasteiger partial charge < -0.3 is 4.74 Å². The zero-order valence-corrected chi connectivity index (χ0v) is 23.6. The third kappa shape index (κ3) is 5.52. The van der Waals surface area contributed by atoms with Gasteiger partial charge in [-0.2, -0.15) is 0 Å². The van der Waals surface area contributed by atoms with E-state index in [4.69, 9.17) is 4.74 Å². The van der Waals surface area contributed by atoms with Crippen LogP contribution < -0.4 is 4.74 Å². The van der Waals surface area contributed by atoms with Crippen molar-refractivity contribution in [1.82, 2.24) is 4.90 Å². The number of non-ortho nitro benzene ring substituents is 1. The number of nitro groups is 1. The second-order valence-electron chi connectivity index (χ2n) is 8.44. The molecule has 0 saturated carbocycles. The Kier molecular flexibility index (Phi) is 7.64. The Morgan fingerprint density at radius 2 is 1.66 bits per heavy atom. The zero-order chi connectivity index (χ0) is 26.8. The van der Waals surface area contributed by atoms with Gasteiger partial charge in [0.1, 0.15) is 12.4 Å². The smallest absolute Gasteiger partial charge is 0.293 e. The van der Waals surface area contributed by atoms with E-state index in [0.717, 1.165) is 28.1 Å². The molecule has 38 heavy (non-hydrogen) atoms. The fraction of sp³-hybridized carbons (Fsp3) is 0.0714. The quantitative estimate of drug-likeness (QED) is 0.114. The highest BCUT2D eigenvalue weighted by Gasteiger charge is 2.35. The first-order valence-corrected chi connectivity index (χ1v) is 13.8. The highest BCUT2D eigenvalue weighted by molar-refractivity contribution is 9.11. The SMILES string of the molecule is O=C1S/C(=C/c2cc(Br)c(OCc3cccc([N+](=O)[O-])c3)c(Br)c2)C(=O)N1Cc1cccc2ccccc12. The Morgan fingerprint density at radius 3 is 2.42 bits per heavy atom. The number of nitro benzene ring substituents is 1. The predicted molar refractivity (Wildman–Crippen MR) is 155 cm³/mol. The van der Waals surface area contributed by atoms with Crippen LogP contribution in [0.15, 0.2) is 92.7 Å². The first-order chi connectivity index (χ1) is 18.3. The minimum Gasteiger partial charge on any atom is -0.487 e. The highest BCUT2D eigenvalue weighted by atomic mass is 79.9. The normalized spacial score (nSPS) is 14.5. The molecule has 0 bridgehead atoms. The number of fused-ring (bicyclic) bond motifs is 1. The summed E-state index contributed by atoms with van der Waals surface area (Å²) < 4.78 is 7.15. The molecule has 0 atom stereocenters. The van der Waals surface area contributed by atoms with Crippen molar-refractivity contribution in [3.8, 4) is 5.75 Å². The van der Waals surface area contributed by atoms with Crippen LogP contribution in [0.2, 0.25) is 0 Å². The van der Waals surface area contributed by atoms with Gasteiger partial charge in [0.15, 0.2) is 0 Å². The summed E-state index contributed by atoms with van der Waals surface area (Å²) in [6, 6.07) is 23.5. The Labute approximate surface area is 238 Å². The van der Waals surface area contributed by atoms with Crippen LogP contribution in [0.25, 0.3) is 16.8 Å². The van der Waals surface area contributed by atoms with Crippen LogP contribution in [0.5, 0.6) is 5.75 Å². The third-order valence-electron chi connectivity index (χ3n) is 5.90. The summed E-state index contributed by atoms with van der Waals surface area (Å²) in [5, 5.41) is 12.8. The summed E-state index contributed by atoms with van der Waals surface area (Å²) in [5.41, 5.74) is 2.25. The summed E-state index contributed by atoms with van der Waals surface area (Å²) in [5.74, 6) is 0.170. The molecule has 4 aromatic carbocycles. The predicted octanol–water partition coefficient (Wildman–Crippen LogP) is 8.09. The van der Waals surface area contributed by atoms with E-state index in [9.17, 15) is 19.7 Å². The molecule has 10 heteroatoms. The van der Waals surface area contributed by atoms with Crippen LogP contribution in [0.3, 0.4) is 0 Å². The lowest BCUT2D eigenvalue weighted by Gasteiger charge is -2.14. The third-order valence-corrected chi connectivity index (χ3v) is 7.99. The first kappa shape index (κ1) is 26.1. The molecule has 1 heterocycles. The molecule has 7 nitrogen and oxygen atoms in total. The Morgan fingerprint density at radius 1 is 0.947 bits per heavy atom. The van der Waals surface area contributed by atoms with Crippen LogP contribution in [0.1, 0.15) is 16.7 Å². The van der Waals surface area contributed by atoms with E-state index in [1.807, 2.05) is 42.5 Å². The number of rotatable bonds is 7. The molecule has 1 aliphatic rings. The topological polar surface area (TPSA) is 89.7 Å². The average molecular weight is 654 g/mol. The number of halogens is 2. The number of imide groups is 1. The van der Waals surface area contributed by atoms with Crippen molar-refractivity contribution < 1.29 is 19.2 Å². The van der Waals surface area contributed by atoms with E-state index >= 15 is 0 Å². The minimum atomic E-state index is -0.451. The minimum absolute atomic E-state index is 0.00558. The highest BCUT2D eigenvalue weighted by Crippen LogP contribution is 2.39. The number of amides is 2. The lowest BCUT2D eigenvalue weighted by atomic mass is 10.0. The van der Waals surface area contributed by atoms with Gasteiger partial charge in [0, 0.05) is 12.1 Å².